The molecule has 150 valence electrons. The first-order chi connectivity index (χ1) is 13.0. The van der Waals surface area contributed by atoms with E-state index in [0.717, 1.165) is 31.6 Å². The maximum absolute atomic E-state index is 12.0. The molecule has 3 heteroatoms. The quantitative estimate of drug-likeness (QED) is 0.751. The number of aliphatic hydroxyl groups is 1. The van der Waals surface area contributed by atoms with Crippen LogP contribution in [0.2, 0.25) is 0 Å². The third-order valence-electron chi connectivity index (χ3n) is 6.60. The zero-order valence-corrected chi connectivity index (χ0v) is 17.4. The molecule has 2 unspecified atom stereocenters. The smallest absolute Gasteiger partial charge is 0.118 e. The summed E-state index contributed by atoms with van der Waals surface area (Å²) in [7, 11) is 5.95. The molecule has 2 aliphatic carbocycles. The van der Waals surface area contributed by atoms with Crippen molar-refractivity contribution < 1.29 is 9.84 Å². The van der Waals surface area contributed by atoms with Gasteiger partial charge in [-0.15, -0.1) is 0 Å². The predicted molar refractivity (Wildman–Crippen MR) is 113 cm³/mol. The Hall–Kier alpha value is -1.32. The van der Waals surface area contributed by atoms with Gasteiger partial charge in [0.1, 0.15) is 5.75 Å². The van der Waals surface area contributed by atoms with Crippen LogP contribution in [0.25, 0.3) is 6.08 Å². The summed E-state index contributed by atoms with van der Waals surface area (Å²) in [6, 6.07) is 8.21. The van der Waals surface area contributed by atoms with Crippen molar-refractivity contribution in [2.24, 2.45) is 11.8 Å². The largest absolute Gasteiger partial charge is 0.497 e. The zero-order valence-electron chi connectivity index (χ0n) is 17.4. The van der Waals surface area contributed by atoms with E-state index in [4.69, 9.17) is 4.74 Å². The molecule has 2 atom stereocenters. The minimum atomic E-state index is -0.662. The van der Waals surface area contributed by atoms with Crippen molar-refractivity contribution in [3.63, 3.8) is 0 Å². The van der Waals surface area contributed by atoms with Gasteiger partial charge >= 0.3 is 0 Å². The number of benzene rings is 1. The van der Waals surface area contributed by atoms with Crippen LogP contribution >= 0.6 is 0 Å². The lowest BCUT2D eigenvalue weighted by molar-refractivity contribution is -0.0349. The van der Waals surface area contributed by atoms with Crippen molar-refractivity contribution in [3.8, 4) is 5.75 Å². The van der Waals surface area contributed by atoms with Crippen LogP contribution in [0.1, 0.15) is 63.4 Å². The molecule has 0 amide bonds. The predicted octanol–water partition coefficient (Wildman–Crippen LogP) is 5.14. The summed E-state index contributed by atoms with van der Waals surface area (Å²) in [6.07, 6.45) is 13.1. The van der Waals surface area contributed by atoms with Gasteiger partial charge in [0.2, 0.25) is 0 Å². The lowest BCUT2D eigenvalue weighted by atomic mass is 9.66. The van der Waals surface area contributed by atoms with Gasteiger partial charge in [-0.1, -0.05) is 50.3 Å². The van der Waals surface area contributed by atoms with E-state index in [9.17, 15) is 5.11 Å². The fraction of sp³-hybridized carbons (Fsp3) is 0.667. The van der Waals surface area contributed by atoms with Gasteiger partial charge in [-0.05, 0) is 69.0 Å². The van der Waals surface area contributed by atoms with Crippen molar-refractivity contribution in [3.05, 3.63) is 35.4 Å². The minimum absolute atomic E-state index is 0.327. The van der Waals surface area contributed by atoms with Crippen molar-refractivity contribution in [1.29, 1.82) is 0 Å². The van der Waals surface area contributed by atoms with E-state index in [1.807, 2.05) is 12.1 Å². The highest BCUT2D eigenvalue weighted by atomic mass is 16.5. The molecule has 3 nitrogen and oxygen atoms in total. The average molecular weight is 372 g/mol. The Morgan fingerprint density at radius 3 is 2.41 bits per heavy atom. The zero-order chi connectivity index (χ0) is 19.3. The Kier molecular flexibility index (Phi) is 6.99. The van der Waals surface area contributed by atoms with E-state index in [-0.39, 0.29) is 0 Å². The second-order valence-corrected chi connectivity index (χ2v) is 8.93. The third-order valence-corrected chi connectivity index (χ3v) is 6.60. The molecule has 3 rings (SSSR count). The number of hydrogen-bond acceptors (Lipinski definition) is 3. The maximum atomic E-state index is 12.0. The Morgan fingerprint density at radius 2 is 1.78 bits per heavy atom. The number of hydrogen-bond donors (Lipinski definition) is 1. The summed E-state index contributed by atoms with van der Waals surface area (Å²) in [6.45, 7) is 0.961. The molecule has 0 aromatic heterocycles. The minimum Gasteiger partial charge on any atom is -0.497 e. The van der Waals surface area contributed by atoms with Gasteiger partial charge in [0.15, 0.2) is 0 Å². The normalized spacial score (nSPS) is 28.6. The Bertz CT molecular complexity index is 616. The van der Waals surface area contributed by atoms with E-state index < -0.39 is 5.60 Å². The SMILES string of the molecule is COc1ccc(C=C2CCCC(CN(C)C)C2(O)CC2CCCCC2)cc1. The second kappa shape index (κ2) is 9.25. The van der Waals surface area contributed by atoms with Crippen molar-refractivity contribution in [2.45, 2.75) is 63.4 Å². The monoisotopic (exact) mass is 371 g/mol. The lowest BCUT2D eigenvalue weighted by Crippen LogP contribution is -2.48. The fourth-order valence-electron chi connectivity index (χ4n) is 5.17. The topological polar surface area (TPSA) is 32.7 Å². The Balaban J connectivity index is 1.88. The third kappa shape index (κ3) is 5.14. The summed E-state index contributed by atoms with van der Waals surface area (Å²) in [5.41, 5.74) is 1.75. The average Bonchev–Trinajstić information content (AvgIpc) is 2.66. The number of rotatable bonds is 6. The first kappa shape index (κ1) is 20.4. The molecule has 0 radical (unpaired) electrons. The molecule has 2 aliphatic rings. The summed E-state index contributed by atoms with van der Waals surface area (Å²) >= 11 is 0. The van der Waals surface area contributed by atoms with Gasteiger partial charge in [0.25, 0.3) is 0 Å². The summed E-state index contributed by atoms with van der Waals surface area (Å²) in [5, 5.41) is 12.0. The van der Waals surface area contributed by atoms with Crippen LogP contribution < -0.4 is 4.74 Å². The molecule has 27 heavy (non-hydrogen) atoms. The standard InChI is InChI=1S/C24H37NO2/c1-25(2)18-22-11-7-10-21(16-19-12-14-23(27-3)15-13-19)24(22,26)17-20-8-5-4-6-9-20/h12-16,20,22,26H,4-11,17-18H2,1-3H3. The highest BCUT2D eigenvalue weighted by Crippen LogP contribution is 2.45. The first-order valence-corrected chi connectivity index (χ1v) is 10.7. The van der Waals surface area contributed by atoms with E-state index in [0.29, 0.717) is 11.8 Å². The van der Waals surface area contributed by atoms with Crippen molar-refractivity contribution >= 4 is 6.08 Å². The molecule has 2 fully saturated rings. The lowest BCUT2D eigenvalue weighted by Gasteiger charge is -2.45. The Labute approximate surface area is 165 Å². The molecule has 0 saturated heterocycles. The van der Waals surface area contributed by atoms with Crippen LogP contribution in [-0.4, -0.2) is 43.4 Å². The van der Waals surface area contributed by atoms with Crippen LogP contribution in [0.15, 0.2) is 29.8 Å². The van der Waals surface area contributed by atoms with E-state index in [1.165, 1.54) is 49.7 Å². The molecule has 0 spiro atoms. The molecule has 1 N–H and O–H groups in total. The van der Waals surface area contributed by atoms with Crippen LogP contribution in [0.4, 0.5) is 0 Å². The van der Waals surface area contributed by atoms with Crippen LogP contribution in [0.3, 0.4) is 0 Å². The van der Waals surface area contributed by atoms with Gasteiger partial charge in [0.05, 0.1) is 12.7 Å². The van der Waals surface area contributed by atoms with Gasteiger partial charge in [-0.3, -0.25) is 0 Å². The highest BCUT2D eigenvalue weighted by Gasteiger charge is 2.44. The van der Waals surface area contributed by atoms with E-state index >= 15 is 0 Å². The molecular formula is C24H37NO2. The second-order valence-electron chi connectivity index (χ2n) is 8.93. The summed E-state index contributed by atoms with van der Waals surface area (Å²) < 4.78 is 5.29. The molecule has 0 bridgehead atoms. The van der Waals surface area contributed by atoms with Crippen molar-refractivity contribution in [2.75, 3.05) is 27.7 Å². The summed E-state index contributed by atoms with van der Waals surface area (Å²) in [4.78, 5) is 2.24. The molecule has 1 aromatic rings. The summed E-state index contributed by atoms with van der Waals surface area (Å²) in [5.74, 6) is 1.88. The molecule has 1 aromatic carbocycles. The first-order valence-electron chi connectivity index (χ1n) is 10.7. The van der Waals surface area contributed by atoms with Gasteiger partial charge < -0.3 is 14.7 Å². The van der Waals surface area contributed by atoms with Gasteiger partial charge in [0, 0.05) is 12.5 Å². The maximum Gasteiger partial charge on any atom is 0.118 e. The number of methoxy groups -OCH3 is 1. The van der Waals surface area contributed by atoms with Gasteiger partial charge in [-0.2, -0.15) is 0 Å². The van der Waals surface area contributed by atoms with E-state index in [2.05, 4.69) is 37.2 Å². The molecular weight excluding hydrogens is 334 g/mol. The van der Waals surface area contributed by atoms with E-state index in [1.54, 1.807) is 7.11 Å². The molecule has 0 aliphatic heterocycles. The van der Waals surface area contributed by atoms with Gasteiger partial charge in [-0.25, -0.2) is 0 Å². The van der Waals surface area contributed by atoms with Crippen LogP contribution in [-0.2, 0) is 0 Å². The van der Waals surface area contributed by atoms with Crippen molar-refractivity contribution in [1.82, 2.24) is 4.90 Å². The molecule has 2 saturated carbocycles. The number of nitrogens with zero attached hydrogens (tertiary/aromatic N) is 1. The van der Waals surface area contributed by atoms with Crippen LogP contribution in [0.5, 0.6) is 5.75 Å². The highest BCUT2D eigenvalue weighted by molar-refractivity contribution is 5.56. The number of ether oxygens (including phenoxy) is 1. The Morgan fingerprint density at radius 1 is 1.07 bits per heavy atom. The molecule has 0 heterocycles. The fourth-order valence-corrected chi connectivity index (χ4v) is 5.17. The van der Waals surface area contributed by atoms with Crippen LogP contribution in [0, 0.1) is 11.8 Å².